The number of unbranched alkanes of at least 4 members (excludes halogenated alkanes) is 1. The van der Waals surface area contributed by atoms with E-state index in [1.165, 1.54) is 6.07 Å². The zero-order chi connectivity index (χ0) is 15.5. The first-order chi connectivity index (χ1) is 9.99. The lowest BCUT2D eigenvalue weighted by Gasteiger charge is -2.11. The maximum atomic E-state index is 12.0. The number of fused-ring (bicyclic) bond motifs is 1. The van der Waals surface area contributed by atoms with Crippen LogP contribution in [0, 0.1) is 0 Å². The molecule has 1 amide bonds. The largest absolute Gasteiger partial charge is 0.357 e. The zero-order valence-corrected chi connectivity index (χ0v) is 12.9. The van der Waals surface area contributed by atoms with Crippen molar-refractivity contribution in [3.8, 4) is 0 Å². The molecule has 2 N–H and O–H groups in total. The van der Waals surface area contributed by atoms with Crippen LogP contribution in [0.3, 0.4) is 0 Å². The number of amidine groups is 1. The van der Waals surface area contributed by atoms with Crippen LogP contribution in [0.4, 0.5) is 0 Å². The molecular weight excluding hydrogens is 290 g/mol. The molecule has 0 fully saturated rings. The topological polar surface area (TPSA) is 87.6 Å². The van der Waals surface area contributed by atoms with E-state index < -0.39 is 16.1 Å². The molecule has 2 rings (SSSR count). The minimum atomic E-state index is -3.57. The van der Waals surface area contributed by atoms with Gasteiger partial charge in [0.25, 0.3) is 10.0 Å². The van der Waals surface area contributed by atoms with Gasteiger partial charge in [0.15, 0.2) is 0 Å². The van der Waals surface area contributed by atoms with Crippen molar-refractivity contribution in [3.05, 3.63) is 29.8 Å². The Morgan fingerprint density at radius 2 is 2.10 bits per heavy atom. The second-order valence-corrected chi connectivity index (χ2v) is 6.50. The molecule has 1 aromatic carbocycles. The molecule has 0 aromatic heterocycles. The molecular formula is C14H19N3O3S. The molecule has 1 atom stereocenters. The Morgan fingerprint density at radius 3 is 2.76 bits per heavy atom. The third-order valence-corrected chi connectivity index (χ3v) is 4.72. The lowest BCUT2D eigenvalue weighted by Crippen LogP contribution is -2.33. The van der Waals surface area contributed by atoms with Gasteiger partial charge in [0.05, 0.1) is 4.90 Å². The standard InChI is InChI=1S/C14H19N3O3S/c1-3-4-8-11(14(18)15-2)16-13-10-7-5-6-9-12(10)21(19,20)17-13/h5-7,9,11H,3-4,8H2,1-2H3,(H,15,18)(H,16,17). The number of rotatable bonds is 5. The lowest BCUT2D eigenvalue weighted by atomic mass is 10.1. The Balaban J connectivity index is 2.38. The number of likely N-dealkylation sites (N-methyl/N-ethyl adjacent to an activating group) is 1. The van der Waals surface area contributed by atoms with Gasteiger partial charge in [-0.3, -0.25) is 14.5 Å². The van der Waals surface area contributed by atoms with E-state index in [9.17, 15) is 13.2 Å². The van der Waals surface area contributed by atoms with Crippen LogP contribution < -0.4 is 10.0 Å². The van der Waals surface area contributed by atoms with Crippen molar-refractivity contribution in [3.63, 3.8) is 0 Å². The van der Waals surface area contributed by atoms with Gasteiger partial charge in [-0.15, -0.1) is 0 Å². The number of hydrogen-bond donors (Lipinski definition) is 2. The van der Waals surface area contributed by atoms with Gasteiger partial charge in [-0.1, -0.05) is 31.9 Å². The molecule has 0 radical (unpaired) electrons. The number of hydrogen-bond acceptors (Lipinski definition) is 4. The Hall–Kier alpha value is -1.89. The van der Waals surface area contributed by atoms with Crippen LogP contribution in [0.1, 0.15) is 31.7 Å². The average molecular weight is 309 g/mol. The van der Waals surface area contributed by atoms with E-state index in [1.54, 1.807) is 25.2 Å². The van der Waals surface area contributed by atoms with Gasteiger partial charge in [-0.05, 0) is 18.6 Å². The van der Waals surface area contributed by atoms with Crippen molar-refractivity contribution in [1.82, 2.24) is 10.0 Å². The highest BCUT2D eigenvalue weighted by molar-refractivity contribution is 7.90. The van der Waals surface area contributed by atoms with E-state index in [2.05, 4.69) is 15.0 Å². The predicted octanol–water partition coefficient (Wildman–Crippen LogP) is 1.03. The van der Waals surface area contributed by atoms with E-state index in [4.69, 9.17) is 0 Å². The molecule has 1 aliphatic rings. The van der Waals surface area contributed by atoms with E-state index in [-0.39, 0.29) is 16.6 Å². The minimum Gasteiger partial charge on any atom is -0.357 e. The number of nitrogens with one attached hydrogen (secondary N) is 2. The van der Waals surface area contributed by atoms with Crippen LogP contribution >= 0.6 is 0 Å². The second-order valence-electron chi connectivity index (χ2n) is 4.85. The van der Waals surface area contributed by atoms with Crippen molar-refractivity contribution in [2.24, 2.45) is 4.99 Å². The predicted molar refractivity (Wildman–Crippen MR) is 80.7 cm³/mol. The second kappa shape index (κ2) is 6.26. The number of aliphatic imine (C=N–C) groups is 1. The molecule has 0 spiro atoms. The van der Waals surface area contributed by atoms with Crippen LogP contribution in [0.2, 0.25) is 0 Å². The van der Waals surface area contributed by atoms with Gasteiger partial charge in [-0.2, -0.15) is 0 Å². The molecule has 0 saturated heterocycles. The quantitative estimate of drug-likeness (QED) is 0.851. The molecule has 7 heteroatoms. The third-order valence-electron chi connectivity index (χ3n) is 3.33. The number of amides is 1. The molecule has 1 aliphatic heterocycles. The summed E-state index contributed by atoms with van der Waals surface area (Å²) in [5.41, 5.74) is 0.517. The Morgan fingerprint density at radius 1 is 1.38 bits per heavy atom. The van der Waals surface area contributed by atoms with E-state index >= 15 is 0 Å². The normalized spacial score (nSPS) is 18.9. The summed E-state index contributed by atoms with van der Waals surface area (Å²) in [4.78, 5) is 16.4. The monoisotopic (exact) mass is 309 g/mol. The number of sulfonamides is 1. The highest BCUT2D eigenvalue weighted by atomic mass is 32.2. The molecule has 1 heterocycles. The van der Waals surface area contributed by atoms with Crippen molar-refractivity contribution in [2.45, 2.75) is 37.1 Å². The van der Waals surface area contributed by atoms with Gasteiger partial charge in [0, 0.05) is 12.6 Å². The fraction of sp³-hybridized carbons (Fsp3) is 0.429. The van der Waals surface area contributed by atoms with E-state index in [0.717, 1.165) is 12.8 Å². The number of carbonyl (C=O) groups excluding carboxylic acids is 1. The minimum absolute atomic E-state index is 0.204. The maximum absolute atomic E-state index is 12.0. The highest BCUT2D eigenvalue weighted by Crippen LogP contribution is 2.23. The van der Waals surface area contributed by atoms with Crippen LogP contribution in [0.5, 0.6) is 0 Å². The average Bonchev–Trinajstić information content (AvgIpc) is 2.74. The SMILES string of the molecule is CCCCC(N=C1NS(=O)(=O)c2ccccc21)C(=O)NC. The molecule has 6 nitrogen and oxygen atoms in total. The first kappa shape index (κ1) is 15.5. The molecule has 0 bridgehead atoms. The van der Waals surface area contributed by atoms with Crippen molar-refractivity contribution in [1.29, 1.82) is 0 Å². The lowest BCUT2D eigenvalue weighted by molar-refractivity contribution is -0.121. The van der Waals surface area contributed by atoms with E-state index in [1.807, 2.05) is 6.92 Å². The van der Waals surface area contributed by atoms with Gasteiger partial charge in [0.1, 0.15) is 11.9 Å². The summed E-state index contributed by atoms with van der Waals surface area (Å²) in [5, 5.41) is 2.57. The van der Waals surface area contributed by atoms with Crippen molar-refractivity contribution >= 4 is 21.8 Å². The molecule has 0 aliphatic carbocycles. The molecule has 21 heavy (non-hydrogen) atoms. The summed E-state index contributed by atoms with van der Waals surface area (Å²) in [6.07, 6.45) is 2.38. The van der Waals surface area contributed by atoms with Crippen LogP contribution in [-0.2, 0) is 14.8 Å². The zero-order valence-electron chi connectivity index (χ0n) is 12.1. The molecule has 0 saturated carbocycles. The molecule has 1 aromatic rings. The Bertz CT molecular complexity index is 668. The van der Waals surface area contributed by atoms with Gasteiger partial charge in [0.2, 0.25) is 5.91 Å². The fourth-order valence-corrected chi connectivity index (χ4v) is 3.44. The summed E-state index contributed by atoms with van der Waals surface area (Å²) in [6, 6.07) is 6.04. The number of nitrogens with zero attached hydrogens (tertiary/aromatic N) is 1. The number of carbonyl (C=O) groups is 1. The van der Waals surface area contributed by atoms with Gasteiger partial charge in [-0.25, -0.2) is 8.42 Å². The summed E-state index contributed by atoms with van der Waals surface area (Å²) in [7, 11) is -2.02. The molecule has 114 valence electrons. The summed E-state index contributed by atoms with van der Waals surface area (Å²) in [6.45, 7) is 2.03. The maximum Gasteiger partial charge on any atom is 0.263 e. The van der Waals surface area contributed by atoms with Crippen molar-refractivity contribution < 1.29 is 13.2 Å². The summed E-state index contributed by atoms with van der Waals surface area (Å²) in [5.74, 6) is 0.0369. The Kier molecular flexibility index (Phi) is 4.62. The third kappa shape index (κ3) is 3.24. The summed E-state index contributed by atoms with van der Waals surface area (Å²) < 4.78 is 26.4. The van der Waals surface area contributed by atoms with Gasteiger partial charge < -0.3 is 5.32 Å². The summed E-state index contributed by atoms with van der Waals surface area (Å²) >= 11 is 0. The van der Waals surface area contributed by atoms with Crippen LogP contribution in [0.15, 0.2) is 34.2 Å². The van der Waals surface area contributed by atoms with Crippen LogP contribution in [0.25, 0.3) is 0 Å². The highest BCUT2D eigenvalue weighted by Gasteiger charge is 2.31. The van der Waals surface area contributed by atoms with E-state index in [0.29, 0.717) is 12.0 Å². The fourth-order valence-electron chi connectivity index (χ4n) is 2.20. The molecule has 1 unspecified atom stereocenters. The van der Waals surface area contributed by atoms with Crippen LogP contribution in [-0.4, -0.2) is 33.3 Å². The van der Waals surface area contributed by atoms with Gasteiger partial charge >= 0.3 is 0 Å². The smallest absolute Gasteiger partial charge is 0.263 e. The first-order valence-electron chi connectivity index (χ1n) is 6.91. The number of benzene rings is 1. The van der Waals surface area contributed by atoms with Crippen molar-refractivity contribution in [2.75, 3.05) is 7.05 Å². The Labute approximate surface area is 124 Å². The first-order valence-corrected chi connectivity index (χ1v) is 8.39.